The molecule has 124 valence electrons. The number of aromatic nitrogens is 2. The van der Waals surface area contributed by atoms with E-state index < -0.39 is 0 Å². The minimum absolute atomic E-state index is 0.0464. The largest absolute Gasteiger partial charge is 0.349 e. The summed E-state index contributed by atoms with van der Waals surface area (Å²) in [5.41, 5.74) is 3.14. The van der Waals surface area contributed by atoms with E-state index in [0.29, 0.717) is 13.0 Å². The predicted molar refractivity (Wildman–Crippen MR) is 99.7 cm³/mol. The van der Waals surface area contributed by atoms with Gasteiger partial charge in [-0.15, -0.1) is 0 Å². The lowest BCUT2D eigenvalue weighted by atomic mass is 10.0. The Labute approximate surface area is 150 Å². The molecule has 0 radical (unpaired) electrons. The minimum atomic E-state index is 0.0464. The highest BCUT2D eigenvalue weighted by Crippen LogP contribution is 2.19. The second kappa shape index (κ2) is 7.62. The number of imidazole rings is 1. The van der Waals surface area contributed by atoms with Gasteiger partial charge in [-0.2, -0.15) is 0 Å². The van der Waals surface area contributed by atoms with Crippen LogP contribution >= 0.6 is 15.9 Å². The lowest BCUT2D eigenvalue weighted by Gasteiger charge is -2.17. The second-order valence-electron chi connectivity index (χ2n) is 5.76. The standard InChI is InChI=1S/C19H20BrN3O/c1-2-16(14-7-9-15(20)10-8-14)22-19(24)11-12-23-13-21-17-5-3-4-6-18(17)23/h3-10,13,16H,2,11-12H2,1H3,(H,22,24). The van der Waals surface area contributed by atoms with Gasteiger partial charge >= 0.3 is 0 Å². The van der Waals surface area contributed by atoms with Gasteiger partial charge in [0.2, 0.25) is 5.91 Å². The number of rotatable bonds is 6. The molecule has 0 saturated heterocycles. The number of nitrogens with one attached hydrogen (secondary N) is 1. The van der Waals surface area contributed by atoms with E-state index in [1.165, 1.54) is 0 Å². The lowest BCUT2D eigenvalue weighted by molar-refractivity contribution is -0.122. The maximum Gasteiger partial charge on any atom is 0.222 e. The molecule has 0 saturated carbocycles. The van der Waals surface area contributed by atoms with Crippen LogP contribution in [0.3, 0.4) is 0 Å². The Morgan fingerprint density at radius 3 is 2.71 bits per heavy atom. The highest BCUT2D eigenvalue weighted by molar-refractivity contribution is 9.10. The molecule has 0 aliphatic carbocycles. The van der Waals surface area contributed by atoms with Crippen LogP contribution < -0.4 is 5.32 Å². The lowest BCUT2D eigenvalue weighted by Crippen LogP contribution is -2.28. The molecule has 0 aliphatic rings. The van der Waals surface area contributed by atoms with E-state index in [0.717, 1.165) is 27.5 Å². The highest BCUT2D eigenvalue weighted by atomic mass is 79.9. The van der Waals surface area contributed by atoms with Gasteiger partial charge < -0.3 is 9.88 Å². The Bertz CT molecular complexity index is 826. The van der Waals surface area contributed by atoms with Crippen LogP contribution in [0.25, 0.3) is 11.0 Å². The Hall–Kier alpha value is -2.14. The van der Waals surface area contributed by atoms with Crippen molar-refractivity contribution in [3.8, 4) is 0 Å². The van der Waals surface area contributed by atoms with Gasteiger partial charge in [0.1, 0.15) is 0 Å². The number of nitrogens with zero attached hydrogens (tertiary/aromatic N) is 2. The summed E-state index contributed by atoms with van der Waals surface area (Å²) in [6.07, 6.45) is 3.10. The van der Waals surface area contributed by atoms with Crippen molar-refractivity contribution in [2.45, 2.75) is 32.4 Å². The molecule has 0 bridgehead atoms. The average Bonchev–Trinajstić information content (AvgIpc) is 3.02. The van der Waals surface area contributed by atoms with E-state index in [4.69, 9.17) is 0 Å². The predicted octanol–water partition coefficient (Wildman–Crippen LogP) is 4.46. The van der Waals surface area contributed by atoms with Gasteiger partial charge in [-0.1, -0.05) is 47.1 Å². The zero-order chi connectivity index (χ0) is 16.9. The molecule has 0 aliphatic heterocycles. The summed E-state index contributed by atoms with van der Waals surface area (Å²) in [6, 6.07) is 16.1. The summed E-state index contributed by atoms with van der Waals surface area (Å²) in [5.74, 6) is 0.0579. The van der Waals surface area contributed by atoms with Crippen LogP contribution in [0.5, 0.6) is 0 Å². The second-order valence-corrected chi connectivity index (χ2v) is 6.67. The van der Waals surface area contributed by atoms with Crippen molar-refractivity contribution in [1.29, 1.82) is 0 Å². The van der Waals surface area contributed by atoms with Gasteiger partial charge in [0.25, 0.3) is 0 Å². The van der Waals surface area contributed by atoms with Gasteiger partial charge in [0.15, 0.2) is 0 Å². The van der Waals surface area contributed by atoms with E-state index in [2.05, 4.69) is 33.2 Å². The number of carbonyl (C=O) groups is 1. The van der Waals surface area contributed by atoms with Crippen molar-refractivity contribution in [3.63, 3.8) is 0 Å². The van der Waals surface area contributed by atoms with Gasteiger partial charge in [-0.3, -0.25) is 4.79 Å². The van der Waals surface area contributed by atoms with Crippen LogP contribution in [-0.2, 0) is 11.3 Å². The third-order valence-corrected chi connectivity index (χ3v) is 4.65. The number of hydrogen-bond donors (Lipinski definition) is 1. The smallest absolute Gasteiger partial charge is 0.222 e. The molecule has 0 fully saturated rings. The first-order chi connectivity index (χ1) is 11.7. The highest BCUT2D eigenvalue weighted by Gasteiger charge is 2.13. The Kier molecular flexibility index (Phi) is 5.30. The fourth-order valence-corrected chi connectivity index (χ4v) is 3.06. The molecule has 1 atom stereocenters. The molecule has 1 amide bonds. The number of benzene rings is 2. The summed E-state index contributed by atoms with van der Waals surface area (Å²) >= 11 is 3.44. The molecular formula is C19H20BrN3O. The number of para-hydroxylation sites is 2. The van der Waals surface area contributed by atoms with Crippen LogP contribution in [-0.4, -0.2) is 15.5 Å². The first kappa shape index (κ1) is 16.7. The SMILES string of the molecule is CCC(NC(=O)CCn1cnc2ccccc21)c1ccc(Br)cc1. The van der Waals surface area contributed by atoms with E-state index in [9.17, 15) is 4.79 Å². The number of halogens is 1. The Balaban J connectivity index is 1.61. The van der Waals surface area contributed by atoms with Gasteiger partial charge in [-0.05, 0) is 36.2 Å². The minimum Gasteiger partial charge on any atom is -0.349 e. The van der Waals surface area contributed by atoms with Crippen LogP contribution in [0.2, 0.25) is 0 Å². The van der Waals surface area contributed by atoms with Crippen LogP contribution in [0, 0.1) is 0 Å². The van der Waals surface area contributed by atoms with E-state index in [1.807, 2.05) is 53.1 Å². The van der Waals surface area contributed by atoms with E-state index in [-0.39, 0.29) is 11.9 Å². The Morgan fingerprint density at radius 2 is 1.96 bits per heavy atom. The number of carbonyl (C=O) groups excluding carboxylic acids is 1. The van der Waals surface area contributed by atoms with Crippen molar-refractivity contribution in [2.75, 3.05) is 0 Å². The zero-order valence-corrected chi connectivity index (χ0v) is 15.2. The first-order valence-electron chi connectivity index (χ1n) is 8.12. The quantitative estimate of drug-likeness (QED) is 0.680. The molecule has 1 N–H and O–H groups in total. The number of hydrogen-bond acceptors (Lipinski definition) is 2. The normalized spacial score (nSPS) is 12.2. The van der Waals surface area contributed by atoms with Crippen molar-refractivity contribution in [2.24, 2.45) is 0 Å². The van der Waals surface area contributed by atoms with Crippen molar-refractivity contribution in [1.82, 2.24) is 14.9 Å². The van der Waals surface area contributed by atoms with E-state index in [1.54, 1.807) is 6.33 Å². The molecule has 1 unspecified atom stereocenters. The van der Waals surface area contributed by atoms with E-state index >= 15 is 0 Å². The number of amides is 1. The topological polar surface area (TPSA) is 46.9 Å². The molecule has 4 nitrogen and oxygen atoms in total. The molecule has 5 heteroatoms. The first-order valence-corrected chi connectivity index (χ1v) is 8.91. The Morgan fingerprint density at radius 1 is 1.21 bits per heavy atom. The van der Waals surface area contributed by atoms with Crippen LogP contribution in [0.1, 0.15) is 31.4 Å². The molecule has 1 heterocycles. The van der Waals surface area contributed by atoms with Crippen molar-refractivity contribution in [3.05, 3.63) is 64.9 Å². The van der Waals surface area contributed by atoms with Crippen LogP contribution in [0.4, 0.5) is 0 Å². The molecule has 24 heavy (non-hydrogen) atoms. The van der Waals surface area contributed by atoms with Crippen molar-refractivity contribution >= 4 is 32.9 Å². The van der Waals surface area contributed by atoms with Gasteiger partial charge in [0, 0.05) is 17.4 Å². The fraction of sp³-hybridized carbons (Fsp3) is 0.263. The molecule has 3 aromatic rings. The maximum atomic E-state index is 12.3. The molecule has 0 spiro atoms. The molecule has 1 aromatic heterocycles. The molecule has 2 aromatic carbocycles. The third-order valence-electron chi connectivity index (χ3n) is 4.12. The molecule has 3 rings (SSSR count). The summed E-state index contributed by atoms with van der Waals surface area (Å²) < 4.78 is 3.06. The molecular weight excluding hydrogens is 366 g/mol. The van der Waals surface area contributed by atoms with Gasteiger partial charge in [0.05, 0.1) is 23.4 Å². The third kappa shape index (κ3) is 3.85. The summed E-state index contributed by atoms with van der Waals surface area (Å²) in [7, 11) is 0. The number of aryl methyl sites for hydroxylation is 1. The van der Waals surface area contributed by atoms with Gasteiger partial charge in [-0.25, -0.2) is 4.98 Å². The fourth-order valence-electron chi connectivity index (χ4n) is 2.79. The summed E-state index contributed by atoms with van der Waals surface area (Å²) in [4.78, 5) is 16.7. The zero-order valence-electron chi connectivity index (χ0n) is 13.6. The summed E-state index contributed by atoms with van der Waals surface area (Å²) in [6.45, 7) is 2.71. The number of fused-ring (bicyclic) bond motifs is 1. The monoisotopic (exact) mass is 385 g/mol. The average molecular weight is 386 g/mol. The summed E-state index contributed by atoms with van der Waals surface area (Å²) in [5, 5.41) is 3.12. The van der Waals surface area contributed by atoms with Crippen molar-refractivity contribution < 1.29 is 4.79 Å². The maximum absolute atomic E-state index is 12.3. The van der Waals surface area contributed by atoms with Crippen LogP contribution in [0.15, 0.2) is 59.3 Å².